The fraction of sp³-hybridized carbons (Fsp3) is 0.400. The molecule has 264 valence electrons. The van der Waals surface area contributed by atoms with E-state index in [2.05, 4.69) is 5.32 Å². The number of likely N-dealkylation sites (tertiary alicyclic amines) is 1. The van der Waals surface area contributed by atoms with Crippen LogP contribution in [0.5, 0.6) is 0 Å². The van der Waals surface area contributed by atoms with Crippen molar-refractivity contribution in [3.63, 3.8) is 0 Å². The number of aromatic nitrogens is 2. The average molecular weight is 695 g/mol. The van der Waals surface area contributed by atoms with Crippen molar-refractivity contribution in [3.8, 4) is 11.3 Å². The minimum Gasteiger partial charge on any atom is -0.448 e. The zero-order valence-corrected chi connectivity index (χ0v) is 27.3. The molecule has 12 nitrogen and oxygen atoms in total. The minimum atomic E-state index is -1.46. The van der Waals surface area contributed by atoms with Crippen molar-refractivity contribution >= 4 is 23.8 Å². The van der Waals surface area contributed by atoms with Gasteiger partial charge in [0.1, 0.15) is 36.3 Å². The highest BCUT2D eigenvalue weighted by Crippen LogP contribution is 2.38. The van der Waals surface area contributed by atoms with Crippen molar-refractivity contribution in [2.24, 2.45) is 11.8 Å². The molecule has 15 heteroatoms. The van der Waals surface area contributed by atoms with E-state index < -0.39 is 65.6 Å². The topological polar surface area (TPSA) is 137 Å². The summed E-state index contributed by atoms with van der Waals surface area (Å²) in [6.45, 7) is 1.63. The van der Waals surface area contributed by atoms with Gasteiger partial charge in [0.15, 0.2) is 0 Å². The molecule has 2 N–H and O–H groups in total. The SMILES string of the molecule is C[C@H](O)C(=O)N(C[C@@H]1CNC[C@@H]1F)C(c1nc(-c2cc(F)ccc2F)cn1Cc1ccccc1)C1CN(C(=O)OCCN2C(=O)C=CC2=O)C1. The molecule has 0 saturated carbocycles. The van der Waals surface area contributed by atoms with Crippen molar-refractivity contribution in [2.75, 3.05) is 45.9 Å². The van der Waals surface area contributed by atoms with Gasteiger partial charge in [0.25, 0.3) is 17.7 Å². The normalized spacial score (nSPS) is 20.3. The molecule has 2 fully saturated rings. The molecule has 2 saturated heterocycles. The van der Waals surface area contributed by atoms with Crippen LogP contribution in [0, 0.1) is 23.5 Å². The van der Waals surface area contributed by atoms with Crippen LogP contribution in [0.4, 0.5) is 18.0 Å². The number of benzene rings is 2. The number of carbonyl (C=O) groups excluding carboxylic acids is 4. The summed E-state index contributed by atoms with van der Waals surface area (Å²) in [6, 6.07) is 11.4. The van der Waals surface area contributed by atoms with Crippen LogP contribution >= 0.6 is 0 Å². The van der Waals surface area contributed by atoms with Gasteiger partial charge in [-0.2, -0.15) is 0 Å². The Balaban J connectivity index is 1.34. The molecule has 3 aromatic rings. The van der Waals surface area contributed by atoms with Crippen molar-refractivity contribution < 1.29 is 42.2 Å². The van der Waals surface area contributed by atoms with E-state index in [0.717, 1.165) is 40.8 Å². The molecule has 6 rings (SSSR count). The van der Waals surface area contributed by atoms with Gasteiger partial charge in [0.05, 0.1) is 18.3 Å². The van der Waals surface area contributed by atoms with Gasteiger partial charge in [-0.05, 0) is 30.7 Å². The van der Waals surface area contributed by atoms with Crippen LogP contribution in [-0.4, -0.2) is 111 Å². The third kappa shape index (κ3) is 7.43. The maximum Gasteiger partial charge on any atom is 0.409 e. The number of hydrogen-bond acceptors (Lipinski definition) is 8. The number of aliphatic hydroxyl groups excluding tert-OH is 1. The summed E-state index contributed by atoms with van der Waals surface area (Å²) in [5, 5.41) is 13.5. The number of hydrogen-bond donors (Lipinski definition) is 2. The third-order valence-electron chi connectivity index (χ3n) is 9.19. The number of imide groups is 1. The first kappa shape index (κ1) is 34.8. The van der Waals surface area contributed by atoms with Crippen LogP contribution in [0.25, 0.3) is 11.3 Å². The Morgan fingerprint density at radius 3 is 2.46 bits per heavy atom. The van der Waals surface area contributed by atoms with Gasteiger partial charge in [-0.15, -0.1) is 0 Å². The number of rotatable bonds is 12. The molecule has 1 unspecified atom stereocenters. The molecule has 0 spiro atoms. The third-order valence-corrected chi connectivity index (χ3v) is 9.19. The molecule has 4 heterocycles. The molecule has 0 bridgehead atoms. The van der Waals surface area contributed by atoms with Crippen LogP contribution in [0.1, 0.15) is 24.4 Å². The number of carbonyl (C=O) groups is 4. The van der Waals surface area contributed by atoms with Crippen LogP contribution < -0.4 is 5.32 Å². The molecule has 2 aromatic carbocycles. The second-order valence-corrected chi connectivity index (χ2v) is 12.7. The summed E-state index contributed by atoms with van der Waals surface area (Å²) < 4.78 is 51.5. The van der Waals surface area contributed by atoms with Gasteiger partial charge < -0.3 is 29.5 Å². The zero-order chi connectivity index (χ0) is 35.5. The predicted octanol–water partition coefficient (Wildman–Crippen LogP) is 2.68. The zero-order valence-electron chi connectivity index (χ0n) is 27.3. The standard InChI is InChI=1S/C35H37F3N6O6/c1-21(45)34(48)44(19-23-14-39-15-28(23)38)32(24-17-42(18-24)35(49)50-12-11-43-30(46)9-10-31(43)47)33-40-29(26-13-25(36)7-8-27(26)37)20-41(33)16-22-5-3-2-4-6-22/h2-10,13,20-21,23-24,28,32,39,45H,11-12,14-19H2,1H3/t21-,23-,28-,32?/m0/s1. The average Bonchev–Trinajstić information content (AvgIpc) is 3.77. The van der Waals surface area contributed by atoms with Gasteiger partial charge in [-0.3, -0.25) is 19.3 Å². The highest BCUT2D eigenvalue weighted by molar-refractivity contribution is 6.12. The number of alkyl halides is 1. The van der Waals surface area contributed by atoms with Crippen molar-refractivity contribution in [1.82, 2.24) is 29.6 Å². The molecule has 3 aliphatic rings. The summed E-state index contributed by atoms with van der Waals surface area (Å²) in [5.74, 6) is -3.90. The molecule has 3 aliphatic heterocycles. The highest BCUT2D eigenvalue weighted by atomic mass is 19.1. The molecule has 0 radical (unpaired) electrons. The lowest BCUT2D eigenvalue weighted by atomic mass is 9.88. The molecular weight excluding hydrogens is 657 g/mol. The van der Waals surface area contributed by atoms with E-state index in [4.69, 9.17) is 9.72 Å². The van der Waals surface area contributed by atoms with Gasteiger partial charge >= 0.3 is 6.09 Å². The van der Waals surface area contributed by atoms with Gasteiger partial charge in [0, 0.05) is 75.0 Å². The second kappa shape index (κ2) is 14.8. The van der Waals surface area contributed by atoms with E-state index in [1.165, 1.54) is 16.7 Å². The number of amides is 4. The monoisotopic (exact) mass is 694 g/mol. The van der Waals surface area contributed by atoms with Gasteiger partial charge in [0.2, 0.25) is 0 Å². The van der Waals surface area contributed by atoms with Crippen LogP contribution in [-0.2, 0) is 25.7 Å². The maximum absolute atomic E-state index is 15.1. The summed E-state index contributed by atoms with van der Waals surface area (Å²) >= 11 is 0. The van der Waals surface area contributed by atoms with E-state index >= 15 is 8.78 Å². The van der Waals surface area contributed by atoms with Crippen molar-refractivity contribution in [1.29, 1.82) is 0 Å². The van der Waals surface area contributed by atoms with Crippen LogP contribution in [0.15, 0.2) is 66.9 Å². The number of nitrogens with one attached hydrogen (secondary N) is 1. The number of nitrogens with zero attached hydrogens (tertiary/aromatic N) is 5. The lowest BCUT2D eigenvalue weighted by molar-refractivity contribution is -0.146. The Kier molecular flexibility index (Phi) is 10.3. The summed E-state index contributed by atoms with van der Waals surface area (Å²) in [7, 11) is 0. The van der Waals surface area contributed by atoms with Gasteiger partial charge in [-0.1, -0.05) is 30.3 Å². The largest absolute Gasteiger partial charge is 0.448 e. The Bertz CT molecular complexity index is 1760. The van der Waals surface area contributed by atoms with Gasteiger partial charge in [-0.25, -0.2) is 22.9 Å². The minimum absolute atomic E-state index is 0.0695. The highest BCUT2D eigenvalue weighted by Gasteiger charge is 2.46. The first-order chi connectivity index (χ1) is 24.0. The Morgan fingerprint density at radius 1 is 1.08 bits per heavy atom. The van der Waals surface area contributed by atoms with Crippen LogP contribution in [0.3, 0.4) is 0 Å². The molecule has 1 aromatic heterocycles. The molecule has 0 aliphatic carbocycles. The molecule has 50 heavy (non-hydrogen) atoms. The summed E-state index contributed by atoms with van der Waals surface area (Å²) in [5.41, 5.74) is 0.847. The number of halogens is 3. The Labute approximate surface area is 286 Å². The van der Waals surface area contributed by atoms with Crippen molar-refractivity contribution in [3.05, 3.63) is 89.9 Å². The lowest BCUT2D eigenvalue weighted by Crippen LogP contribution is -2.58. The predicted molar refractivity (Wildman–Crippen MR) is 173 cm³/mol. The second-order valence-electron chi connectivity index (χ2n) is 12.7. The fourth-order valence-corrected chi connectivity index (χ4v) is 6.54. The number of imidazole rings is 1. The molecule has 4 atom stereocenters. The van der Waals surface area contributed by atoms with E-state index in [-0.39, 0.29) is 69.5 Å². The quantitative estimate of drug-likeness (QED) is 0.277. The smallest absolute Gasteiger partial charge is 0.409 e. The lowest BCUT2D eigenvalue weighted by Gasteiger charge is -2.46. The number of aliphatic hydroxyl groups is 1. The van der Waals surface area contributed by atoms with Crippen LogP contribution in [0.2, 0.25) is 0 Å². The summed E-state index contributed by atoms with van der Waals surface area (Å²) in [4.78, 5) is 58.9. The Hall–Kier alpha value is -5.02. The first-order valence-corrected chi connectivity index (χ1v) is 16.3. The van der Waals surface area contributed by atoms with E-state index in [1.54, 1.807) is 10.8 Å². The fourth-order valence-electron chi connectivity index (χ4n) is 6.54. The summed E-state index contributed by atoms with van der Waals surface area (Å²) in [6.07, 6.45) is 0.390. The van der Waals surface area contributed by atoms with E-state index in [1.807, 2.05) is 30.3 Å². The first-order valence-electron chi connectivity index (χ1n) is 16.3. The molecular formula is C35H37F3N6O6. The van der Waals surface area contributed by atoms with E-state index in [9.17, 15) is 28.7 Å². The van der Waals surface area contributed by atoms with Crippen molar-refractivity contribution in [2.45, 2.75) is 31.8 Å². The Morgan fingerprint density at radius 2 is 1.80 bits per heavy atom. The number of ether oxygens (including phenoxy) is 1. The molecule has 4 amide bonds. The van der Waals surface area contributed by atoms with E-state index in [0.29, 0.717) is 0 Å². The maximum atomic E-state index is 15.1.